The number of nitrogens with one attached hydrogen (secondary N) is 4. The van der Waals surface area contributed by atoms with E-state index in [9.17, 15) is 20.8 Å². The number of hydrogen-bond donors (Lipinski definition) is 4. The van der Waals surface area contributed by atoms with E-state index in [-0.39, 0.29) is 43.0 Å². The molecule has 4 unspecified atom stereocenters. The van der Waals surface area contributed by atoms with Crippen LogP contribution in [0.4, 0.5) is 22.7 Å². The molecule has 0 aliphatic heterocycles. The summed E-state index contributed by atoms with van der Waals surface area (Å²) in [5.74, 6) is 0. The van der Waals surface area contributed by atoms with Crippen LogP contribution in [0.25, 0.3) is 0 Å². The molecule has 0 heterocycles. The summed E-state index contributed by atoms with van der Waals surface area (Å²) in [6.45, 7) is 0. The van der Waals surface area contributed by atoms with Crippen molar-refractivity contribution in [2.24, 2.45) is 0 Å². The monoisotopic (exact) mass is 258 g/mol. The quantitative estimate of drug-likeness (QED) is 0.416. The Morgan fingerprint density at radius 1 is 0.556 bits per heavy atom. The second-order valence-electron chi connectivity index (χ2n) is 4.17. The Morgan fingerprint density at radius 2 is 0.722 bits per heavy atom. The number of rotatable bonds is 4. The highest BCUT2D eigenvalue weighted by molar-refractivity contribution is 5.67. The summed E-state index contributed by atoms with van der Waals surface area (Å²) in [5, 5.41) is 44.7. The Bertz CT molecular complexity index is 346. The van der Waals surface area contributed by atoms with Crippen LogP contribution in [-0.2, 0) is 0 Å². The van der Waals surface area contributed by atoms with Gasteiger partial charge in [-0.3, -0.25) is 0 Å². The first-order valence-corrected chi connectivity index (χ1v) is 5.47. The Kier molecular flexibility index (Phi) is 4.73. The minimum atomic E-state index is -0.308. The van der Waals surface area contributed by atoms with Crippen LogP contribution >= 0.6 is 0 Å². The van der Waals surface area contributed by atoms with E-state index in [1.165, 1.54) is 40.3 Å². The third-order valence-corrected chi connectivity index (χ3v) is 2.67. The Morgan fingerprint density at radius 3 is 0.833 bits per heavy atom. The van der Waals surface area contributed by atoms with Gasteiger partial charge < -0.3 is 41.1 Å². The highest BCUT2D eigenvalue weighted by atomic mass is 16.5. The molecule has 1 aromatic carbocycles. The molecule has 0 radical (unpaired) electrons. The Balaban J connectivity index is 3.50. The van der Waals surface area contributed by atoms with Crippen molar-refractivity contribution in [2.45, 2.75) is 0 Å². The van der Waals surface area contributed by atoms with Crippen LogP contribution in [0.1, 0.15) is 0 Å². The minimum Gasteiger partial charge on any atom is -0.629 e. The van der Waals surface area contributed by atoms with Gasteiger partial charge in [0.2, 0.25) is 0 Å². The summed E-state index contributed by atoms with van der Waals surface area (Å²) in [7, 11) is 5.27. The molecule has 1 rings (SSSR count). The smallest absolute Gasteiger partial charge is 0.199 e. The molecular weight excluding hydrogens is 240 g/mol. The van der Waals surface area contributed by atoms with Gasteiger partial charge in [0.1, 0.15) is 0 Å². The van der Waals surface area contributed by atoms with E-state index in [1.54, 1.807) is 0 Å². The van der Waals surface area contributed by atoms with Crippen LogP contribution in [0.5, 0.6) is 0 Å². The maximum atomic E-state index is 11.5. The first-order valence-electron chi connectivity index (χ1n) is 5.47. The van der Waals surface area contributed by atoms with Gasteiger partial charge in [-0.2, -0.15) is 0 Å². The molecule has 0 aliphatic rings. The molecule has 0 saturated heterocycles. The zero-order valence-electron chi connectivity index (χ0n) is 10.8. The Labute approximate surface area is 105 Å². The van der Waals surface area contributed by atoms with E-state index in [2.05, 4.69) is 0 Å². The number of quaternary nitrogens is 4. The lowest BCUT2D eigenvalue weighted by molar-refractivity contribution is -0.791. The average Bonchev–Trinajstić information content (AvgIpc) is 2.26. The lowest BCUT2D eigenvalue weighted by Gasteiger charge is -2.28. The lowest BCUT2D eigenvalue weighted by Crippen LogP contribution is -3.06. The van der Waals surface area contributed by atoms with Gasteiger partial charge in [0.05, 0.1) is 40.3 Å². The van der Waals surface area contributed by atoms with Crippen molar-refractivity contribution in [3.05, 3.63) is 33.0 Å². The topological polar surface area (TPSA) is 110 Å². The second kappa shape index (κ2) is 5.69. The molecule has 102 valence electrons. The summed E-state index contributed by atoms with van der Waals surface area (Å²) in [6, 6.07) is 2.66. The van der Waals surface area contributed by atoms with Gasteiger partial charge in [-0.15, -0.1) is 0 Å². The SMILES string of the molecule is C[NH+]([O-])c1cc([NH+](C)[O-])c([NH+](C)[O-])cc1[NH+](C)[O-]. The van der Waals surface area contributed by atoms with Crippen molar-refractivity contribution in [2.75, 3.05) is 28.2 Å². The zero-order chi connectivity index (χ0) is 14.0. The highest BCUT2D eigenvalue weighted by Crippen LogP contribution is 2.23. The van der Waals surface area contributed by atoms with Crippen molar-refractivity contribution in [3.8, 4) is 0 Å². The third kappa shape index (κ3) is 3.02. The molecule has 0 saturated carbocycles. The predicted octanol–water partition coefficient (Wildman–Crippen LogP) is -3.74. The molecule has 0 aliphatic carbocycles. The highest BCUT2D eigenvalue weighted by Gasteiger charge is 2.22. The largest absolute Gasteiger partial charge is 0.629 e. The van der Waals surface area contributed by atoms with Crippen LogP contribution < -0.4 is 20.3 Å². The average molecular weight is 258 g/mol. The summed E-state index contributed by atoms with van der Waals surface area (Å²) < 4.78 is 0. The molecule has 0 fully saturated rings. The van der Waals surface area contributed by atoms with Crippen LogP contribution in [0.2, 0.25) is 0 Å². The summed E-state index contributed by atoms with van der Waals surface area (Å²) in [6.07, 6.45) is 0. The van der Waals surface area contributed by atoms with E-state index in [0.717, 1.165) is 0 Å². The standard InChI is InChI=1S/C10H18N4O4/c1-11(15)7-5-9(13(3)17)10(14(4)18)6-8(7)12(2)16/h5-6,11-14H,1-4H3. The van der Waals surface area contributed by atoms with E-state index in [4.69, 9.17) is 0 Å². The van der Waals surface area contributed by atoms with Gasteiger partial charge in [-0.1, -0.05) is 0 Å². The first kappa shape index (κ1) is 15.0. The first-order chi connectivity index (χ1) is 8.25. The number of hydrogen-bond acceptors (Lipinski definition) is 4. The van der Waals surface area contributed by atoms with Gasteiger partial charge in [-0.05, 0) is 0 Å². The summed E-state index contributed by atoms with van der Waals surface area (Å²) in [5.41, 5.74) is 0.714. The summed E-state index contributed by atoms with van der Waals surface area (Å²) >= 11 is 0. The van der Waals surface area contributed by atoms with Gasteiger partial charge >= 0.3 is 0 Å². The van der Waals surface area contributed by atoms with E-state index in [1.807, 2.05) is 0 Å². The van der Waals surface area contributed by atoms with Crippen LogP contribution in [0, 0.1) is 20.8 Å². The van der Waals surface area contributed by atoms with Crippen LogP contribution in [0.15, 0.2) is 12.1 Å². The van der Waals surface area contributed by atoms with Crippen molar-refractivity contribution in [1.82, 2.24) is 0 Å². The molecule has 1 aromatic rings. The van der Waals surface area contributed by atoms with E-state index >= 15 is 0 Å². The van der Waals surface area contributed by atoms with Crippen molar-refractivity contribution in [1.29, 1.82) is 0 Å². The van der Waals surface area contributed by atoms with Crippen LogP contribution in [-0.4, -0.2) is 28.2 Å². The fourth-order valence-electron chi connectivity index (χ4n) is 1.76. The molecule has 4 atom stereocenters. The third-order valence-electron chi connectivity index (χ3n) is 2.67. The predicted molar refractivity (Wildman–Crippen MR) is 66.1 cm³/mol. The lowest BCUT2D eigenvalue weighted by atomic mass is 10.2. The molecule has 0 spiro atoms. The van der Waals surface area contributed by atoms with Gasteiger partial charge in [0.25, 0.3) is 0 Å². The summed E-state index contributed by atoms with van der Waals surface area (Å²) in [4.78, 5) is 0. The number of hydroxylamine groups is 4. The maximum absolute atomic E-state index is 11.5. The fraction of sp³-hybridized carbons (Fsp3) is 0.400. The van der Waals surface area contributed by atoms with E-state index in [0.29, 0.717) is 0 Å². The molecule has 8 heteroatoms. The molecule has 0 bridgehead atoms. The maximum Gasteiger partial charge on any atom is 0.199 e. The second-order valence-corrected chi connectivity index (χ2v) is 4.17. The normalized spacial score (nSPS) is 18.2. The van der Waals surface area contributed by atoms with Crippen molar-refractivity contribution >= 4 is 22.7 Å². The van der Waals surface area contributed by atoms with Crippen LogP contribution in [0.3, 0.4) is 0 Å². The zero-order valence-corrected chi connectivity index (χ0v) is 10.8. The molecule has 4 N–H and O–H groups in total. The van der Waals surface area contributed by atoms with Gasteiger partial charge in [0.15, 0.2) is 22.7 Å². The number of benzene rings is 1. The minimum absolute atomic E-state index is 0.178. The van der Waals surface area contributed by atoms with E-state index < -0.39 is 0 Å². The van der Waals surface area contributed by atoms with Crippen molar-refractivity contribution < 1.29 is 20.3 Å². The van der Waals surface area contributed by atoms with Crippen molar-refractivity contribution in [3.63, 3.8) is 0 Å². The molecular formula is C10H18N4O4. The Hall–Kier alpha value is -1.10. The van der Waals surface area contributed by atoms with Gasteiger partial charge in [0, 0.05) is 0 Å². The molecule has 8 nitrogen and oxygen atoms in total. The molecule has 0 aromatic heterocycles. The van der Waals surface area contributed by atoms with Gasteiger partial charge in [-0.25, -0.2) is 0 Å². The molecule has 18 heavy (non-hydrogen) atoms. The fourth-order valence-corrected chi connectivity index (χ4v) is 1.76. The molecule has 0 amide bonds.